The third-order valence-electron chi connectivity index (χ3n) is 2.46. The van der Waals surface area contributed by atoms with E-state index in [0.29, 0.717) is 0 Å². The minimum Gasteiger partial charge on any atom is -0.0938 e. The molecule has 1 heterocycles. The first kappa shape index (κ1) is 6.41. The van der Waals surface area contributed by atoms with Gasteiger partial charge in [0.25, 0.3) is 0 Å². The monoisotopic (exact) mass is 160 g/mol. The molecule has 1 aliphatic heterocycles. The van der Waals surface area contributed by atoms with Crippen LogP contribution >= 0.6 is 21.6 Å². The molecular weight excluding hydrogens is 148 g/mol. The van der Waals surface area contributed by atoms with Gasteiger partial charge in [0.2, 0.25) is 0 Å². The molecule has 1 atom stereocenters. The molecule has 2 rings (SSSR count). The van der Waals surface area contributed by atoms with Crippen LogP contribution < -0.4 is 0 Å². The summed E-state index contributed by atoms with van der Waals surface area (Å²) in [6, 6.07) is 0. The summed E-state index contributed by atoms with van der Waals surface area (Å²) < 4.78 is 0. The van der Waals surface area contributed by atoms with Gasteiger partial charge in [-0.2, -0.15) is 0 Å². The molecular formula is C7H12S2. The van der Waals surface area contributed by atoms with E-state index in [9.17, 15) is 0 Å². The molecule has 1 aliphatic carbocycles. The summed E-state index contributed by atoms with van der Waals surface area (Å²) in [6.45, 7) is 2.44. The van der Waals surface area contributed by atoms with Crippen molar-refractivity contribution in [2.45, 2.75) is 31.4 Å². The highest BCUT2D eigenvalue weighted by Gasteiger charge is 2.46. The van der Waals surface area contributed by atoms with Gasteiger partial charge < -0.3 is 0 Å². The fourth-order valence-corrected chi connectivity index (χ4v) is 4.80. The molecule has 0 aromatic carbocycles. The highest BCUT2D eigenvalue weighted by atomic mass is 33.1. The lowest BCUT2D eigenvalue weighted by atomic mass is 10.0. The lowest BCUT2D eigenvalue weighted by Crippen LogP contribution is -2.10. The van der Waals surface area contributed by atoms with Crippen LogP contribution in [-0.2, 0) is 0 Å². The summed E-state index contributed by atoms with van der Waals surface area (Å²) in [5.74, 6) is 1.39. The van der Waals surface area contributed by atoms with E-state index in [1.54, 1.807) is 0 Å². The maximum atomic E-state index is 2.44. The molecule has 0 spiro atoms. The summed E-state index contributed by atoms with van der Waals surface area (Å²) in [5, 5.41) is 1.00. The average Bonchev–Trinajstić information content (AvgIpc) is 2.46. The average molecular weight is 160 g/mol. The third-order valence-corrected chi connectivity index (χ3v) is 5.64. The molecule has 2 heteroatoms. The van der Waals surface area contributed by atoms with Crippen molar-refractivity contribution in [2.75, 3.05) is 5.75 Å². The number of hydrogen-bond donors (Lipinski definition) is 0. The molecule has 0 aromatic rings. The van der Waals surface area contributed by atoms with Gasteiger partial charge in [0, 0.05) is 11.0 Å². The normalized spacial score (nSPS) is 39.0. The highest BCUT2D eigenvalue weighted by Crippen LogP contribution is 2.58. The van der Waals surface area contributed by atoms with Gasteiger partial charge in [-0.1, -0.05) is 28.5 Å². The molecule has 0 N–H and O–H groups in total. The van der Waals surface area contributed by atoms with E-state index in [0.717, 1.165) is 10.7 Å². The Bertz CT molecular complexity index is 112. The van der Waals surface area contributed by atoms with Crippen molar-refractivity contribution in [3.8, 4) is 0 Å². The maximum absolute atomic E-state index is 2.44. The van der Waals surface area contributed by atoms with Gasteiger partial charge in [0.1, 0.15) is 0 Å². The fraction of sp³-hybridized carbons (Fsp3) is 1.00. The van der Waals surface area contributed by atoms with Crippen LogP contribution in [0.4, 0.5) is 0 Å². The standard InChI is InChI=1S/C7H12S2/c1-7(3-4-7)6-2-5-8-9-6/h6H,2-5H2,1H3. The van der Waals surface area contributed by atoms with Gasteiger partial charge in [-0.25, -0.2) is 0 Å². The van der Waals surface area contributed by atoms with Crippen LogP contribution in [0.15, 0.2) is 0 Å². The van der Waals surface area contributed by atoms with Crippen LogP contribution in [0.1, 0.15) is 26.2 Å². The van der Waals surface area contributed by atoms with E-state index < -0.39 is 0 Å². The van der Waals surface area contributed by atoms with Crippen LogP contribution in [-0.4, -0.2) is 11.0 Å². The van der Waals surface area contributed by atoms with Crippen molar-refractivity contribution in [2.24, 2.45) is 5.41 Å². The van der Waals surface area contributed by atoms with Crippen molar-refractivity contribution in [3.63, 3.8) is 0 Å². The Labute approximate surface area is 64.6 Å². The van der Waals surface area contributed by atoms with E-state index in [4.69, 9.17) is 0 Å². The smallest absolute Gasteiger partial charge is 0.0213 e. The van der Waals surface area contributed by atoms with Crippen molar-refractivity contribution in [1.82, 2.24) is 0 Å². The Hall–Kier alpha value is 0.700. The Kier molecular flexibility index (Phi) is 1.49. The van der Waals surface area contributed by atoms with E-state index in [1.807, 2.05) is 0 Å². The molecule has 2 aliphatic rings. The second-order valence-electron chi connectivity index (χ2n) is 3.35. The van der Waals surface area contributed by atoms with Gasteiger partial charge in [0.05, 0.1) is 0 Å². The van der Waals surface area contributed by atoms with Gasteiger partial charge in [-0.3, -0.25) is 0 Å². The first-order valence-electron chi connectivity index (χ1n) is 3.60. The van der Waals surface area contributed by atoms with Crippen LogP contribution in [0.2, 0.25) is 0 Å². The van der Waals surface area contributed by atoms with Gasteiger partial charge in [0.15, 0.2) is 0 Å². The predicted octanol–water partition coefficient (Wildman–Crippen LogP) is 2.94. The Morgan fingerprint density at radius 2 is 2.22 bits per heavy atom. The molecule has 0 bridgehead atoms. The van der Waals surface area contributed by atoms with Gasteiger partial charge in [-0.05, 0) is 24.7 Å². The molecule has 1 unspecified atom stereocenters. The number of rotatable bonds is 1. The van der Waals surface area contributed by atoms with E-state index >= 15 is 0 Å². The zero-order chi connectivity index (χ0) is 6.32. The second kappa shape index (κ2) is 2.09. The Balaban J connectivity index is 1.97. The van der Waals surface area contributed by atoms with Crippen LogP contribution in [0.5, 0.6) is 0 Å². The first-order chi connectivity index (χ1) is 4.31. The quantitative estimate of drug-likeness (QED) is 0.541. The lowest BCUT2D eigenvalue weighted by molar-refractivity contribution is 0.535. The first-order valence-corrected chi connectivity index (χ1v) is 5.98. The van der Waals surface area contributed by atoms with Crippen LogP contribution in [0.25, 0.3) is 0 Å². The Morgan fingerprint density at radius 1 is 1.44 bits per heavy atom. The molecule has 0 aromatic heterocycles. The topological polar surface area (TPSA) is 0 Å². The molecule has 1 saturated carbocycles. The molecule has 2 fully saturated rings. The summed E-state index contributed by atoms with van der Waals surface area (Å²) in [4.78, 5) is 0. The van der Waals surface area contributed by atoms with Crippen molar-refractivity contribution in [3.05, 3.63) is 0 Å². The van der Waals surface area contributed by atoms with E-state index in [2.05, 4.69) is 28.5 Å². The summed E-state index contributed by atoms with van der Waals surface area (Å²) in [7, 11) is 4.19. The summed E-state index contributed by atoms with van der Waals surface area (Å²) >= 11 is 0. The second-order valence-corrected chi connectivity index (χ2v) is 6.04. The molecule has 0 radical (unpaired) electrons. The fourth-order valence-electron chi connectivity index (χ4n) is 1.32. The summed E-state index contributed by atoms with van der Waals surface area (Å²) in [5.41, 5.74) is 0.772. The largest absolute Gasteiger partial charge is 0.0938 e. The molecule has 0 nitrogen and oxygen atoms in total. The molecule has 0 amide bonds. The minimum absolute atomic E-state index is 0.772. The maximum Gasteiger partial charge on any atom is 0.0213 e. The van der Waals surface area contributed by atoms with E-state index in [-0.39, 0.29) is 0 Å². The number of hydrogen-bond acceptors (Lipinski definition) is 2. The highest BCUT2D eigenvalue weighted by molar-refractivity contribution is 8.77. The van der Waals surface area contributed by atoms with Crippen LogP contribution in [0, 0.1) is 5.41 Å². The van der Waals surface area contributed by atoms with Gasteiger partial charge in [-0.15, -0.1) is 0 Å². The van der Waals surface area contributed by atoms with Crippen LogP contribution in [0.3, 0.4) is 0 Å². The third kappa shape index (κ3) is 1.12. The molecule has 1 saturated heterocycles. The molecule has 9 heavy (non-hydrogen) atoms. The zero-order valence-electron chi connectivity index (χ0n) is 5.72. The molecule has 52 valence electrons. The minimum atomic E-state index is 0.772. The predicted molar refractivity (Wildman–Crippen MR) is 45.8 cm³/mol. The van der Waals surface area contributed by atoms with Crippen molar-refractivity contribution < 1.29 is 0 Å². The zero-order valence-corrected chi connectivity index (χ0v) is 7.36. The van der Waals surface area contributed by atoms with Crippen molar-refractivity contribution >= 4 is 21.6 Å². The summed E-state index contributed by atoms with van der Waals surface area (Å²) in [6.07, 6.45) is 4.45. The SMILES string of the molecule is CC1(C2CCSS2)CC1. The Morgan fingerprint density at radius 3 is 2.67 bits per heavy atom. The van der Waals surface area contributed by atoms with Gasteiger partial charge >= 0.3 is 0 Å². The van der Waals surface area contributed by atoms with Crippen molar-refractivity contribution in [1.29, 1.82) is 0 Å². The van der Waals surface area contributed by atoms with E-state index in [1.165, 1.54) is 25.0 Å². The lowest BCUT2D eigenvalue weighted by Gasteiger charge is -2.13.